The summed E-state index contributed by atoms with van der Waals surface area (Å²) in [5.41, 5.74) is 1.53. The first-order chi connectivity index (χ1) is 22.3. The van der Waals surface area contributed by atoms with Crippen LogP contribution in [0.5, 0.6) is 17.2 Å². The second-order valence-corrected chi connectivity index (χ2v) is 11.3. The maximum atomic E-state index is 15.4. The standard InChI is InChI=1S/C33H34F3N7O3/c1-3-31(44)42-12-8-21(9-13-42)40-28-16-24-27(17-29(28)45-2)38-19-39-33(24)41-26-5-4-22(14-25(26)34)46-23-6-10-37-30(15-23)43-11-7-20(18-43)32(35)36/h3-6,10,14-17,19-21,32,40H,1,7-9,11-13,18H2,2H3,(H,38,39,41)/t20-/m0/s1. The number of amides is 1. The van der Waals surface area contributed by atoms with E-state index in [1.165, 1.54) is 24.7 Å². The molecule has 2 saturated heterocycles. The van der Waals surface area contributed by atoms with Crippen LogP contribution in [0.25, 0.3) is 10.9 Å². The number of carbonyl (C=O) groups excluding carboxylic acids is 1. The van der Waals surface area contributed by atoms with E-state index in [1.54, 1.807) is 47.2 Å². The van der Waals surface area contributed by atoms with Gasteiger partial charge < -0.3 is 29.9 Å². The Morgan fingerprint density at radius 3 is 2.54 bits per heavy atom. The second kappa shape index (κ2) is 13.5. The number of methoxy groups -OCH3 is 1. The number of hydrogen-bond donors (Lipinski definition) is 2. The Morgan fingerprint density at radius 1 is 1.02 bits per heavy atom. The number of hydrogen-bond acceptors (Lipinski definition) is 9. The van der Waals surface area contributed by atoms with Crippen LogP contribution in [-0.4, -0.2) is 71.5 Å². The average Bonchev–Trinajstić information content (AvgIpc) is 3.57. The molecule has 46 heavy (non-hydrogen) atoms. The van der Waals surface area contributed by atoms with Gasteiger partial charge in [0.1, 0.15) is 41.0 Å². The molecule has 13 heteroatoms. The summed E-state index contributed by atoms with van der Waals surface area (Å²) in [7, 11) is 1.58. The topological polar surface area (TPSA) is 105 Å². The number of fused-ring (bicyclic) bond motifs is 1. The molecule has 0 saturated carbocycles. The molecular formula is C33H34F3N7O3. The molecule has 1 atom stereocenters. The lowest BCUT2D eigenvalue weighted by molar-refractivity contribution is -0.126. The van der Waals surface area contributed by atoms with Crippen molar-refractivity contribution in [3.8, 4) is 17.2 Å². The van der Waals surface area contributed by atoms with E-state index in [0.29, 0.717) is 60.1 Å². The van der Waals surface area contributed by atoms with Gasteiger partial charge in [0.05, 0.1) is 24.0 Å². The van der Waals surface area contributed by atoms with E-state index in [9.17, 15) is 13.6 Å². The van der Waals surface area contributed by atoms with Crippen molar-refractivity contribution < 1.29 is 27.4 Å². The predicted molar refractivity (Wildman–Crippen MR) is 170 cm³/mol. The number of carbonyl (C=O) groups is 1. The van der Waals surface area contributed by atoms with Crippen LogP contribution in [0.1, 0.15) is 19.3 Å². The quantitative estimate of drug-likeness (QED) is 0.192. The highest BCUT2D eigenvalue weighted by Crippen LogP contribution is 2.36. The van der Waals surface area contributed by atoms with Crippen molar-refractivity contribution in [3.63, 3.8) is 0 Å². The number of benzene rings is 2. The van der Waals surface area contributed by atoms with Crippen molar-refractivity contribution in [2.24, 2.45) is 5.92 Å². The lowest BCUT2D eigenvalue weighted by Crippen LogP contribution is -2.41. The Labute approximate surface area is 264 Å². The van der Waals surface area contributed by atoms with Crippen LogP contribution in [-0.2, 0) is 4.79 Å². The maximum absolute atomic E-state index is 15.4. The normalized spacial score (nSPS) is 16.9. The number of anilines is 4. The fraction of sp³-hybridized carbons (Fsp3) is 0.333. The molecule has 240 valence electrons. The number of piperidine rings is 1. The number of aromatic nitrogens is 3. The number of halogens is 3. The Morgan fingerprint density at radius 2 is 1.83 bits per heavy atom. The summed E-state index contributed by atoms with van der Waals surface area (Å²) in [6.45, 7) is 5.52. The van der Waals surface area contributed by atoms with E-state index in [-0.39, 0.29) is 29.9 Å². The highest BCUT2D eigenvalue weighted by atomic mass is 19.3. The maximum Gasteiger partial charge on any atom is 0.245 e. The largest absolute Gasteiger partial charge is 0.495 e. The van der Waals surface area contributed by atoms with Crippen LogP contribution in [0.4, 0.5) is 36.2 Å². The van der Waals surface area contributed by atoms with Gasteiger partial charge in [-0.1, -0.05) is 6.58 Å². The highest BCUT2D eigenvalue weighted by Gasteiger charge is 2.30. The van der Waals surface area contributed by atoms with Crippen LogP contribution in [0.2, 0.25) is 0 Å². The van der Waals surface area contributed by atoms with Crippen molar-refractivity contribution in [2.45, 2.75) is 31.7 Å². The molecule has 0 aliphatic carbocycles. The van der Waals surface area contributed by atoms with Crippen molar-refractivity contribution in [3.05, 3.63) is 73.5 Å². The van der Waals surface area contributed by atoms with Gasteiger partial charge in [0, 0.05) is 67.9 Å². The predicted octanol–water partition coefficient (Wildman–Crippen LogP) is 6.39. The van der Waals surface area contributed by atoms with Gasteiger partial charge >= 0.3 is 0 Å². The molecule has 0 bridgehead atoms. The third-order valence-electron chi connectivity index (χ3n) is 8.35. The van der Waals surface area contributed by atoms with Crippen LogP contribution >= 0.6 is 0 Å². The van der Waals surface area contributed by atoms with Crippen LogP contribution in [0.3, 0.4) is 0 Å². The van der Waals surface area contributed by atoms with E-state index < -0.39 is 18.2 Å². The molecule has 2 aliphatic rings. The number of rotatable bonds is 10. The Hall–Kier alpha value is -5.07. The average molecular weight is 634 g/mol. The van der Waals surface area contributed by atoms with Gasteiger partial charge in [0.15, 0.2) is 0 Å². The summed E-state index contributed by atoms with van der Waals surface area (Å²) in [5, 5.41) is 7.26. The van der Waals surface area contributed by atoms with Gasteiger partial charge in [-0.15, -0.1) is 0 Å². The molecule has 0 radical (unpaired) electrons. The number of ether oxygens (including phenoxy) is 2. The van der Waals surface area contributed by atoms with Crippen molar-refractivity contribution in [1.82, 2.24) is 19.9 Å². The first-order valence-corrected chi connectivity index (χ1v) is 15.1. The zero-order valence-corrected chi connectivity index (χ0v) is 25.3. The van der Waals surface area contributed by atoms with Crippen molar-refractivity contribution in [1.29, 1.82) is 0 Å². The zero-order chi connectivity index (χ0) is 32.2. The molecule has 2 N–H and O–H groups in total. The molecule has 0 spiro atoms. The van der Waals surface area contributed by atoms with E-state index >= 15 is 4.39 Å². The lowest BCUT2D eigenvalue weighted by Gasteiger charge is -2.32. The van der Waals surface area contributed by atoms with Crippen LogP contribution < -0.4 is 25.0 Å². The first kappa shape index (κ1) is 30.9. The van der Waals surface area contributed by atoms with Gasteiger partial charge in [0.25, 0.3) is 0 Å². The monoisotopic (exact) mass is 633 g/mol. The van der Waals surface area contributed by atoms with Crippen molar-refractivity contribution >= 4 is 39.8 Å². The molecule has 0 unspecified atom stereocenters. The SMILES string of the molecule is C=CC(=O)N1CCC(Nc2cc3c(Nc4ccc(Oc5ccnc(N6CC[C@H](C(F)F)C6)c5)cc4F)ncnc3cc2OC)CC1. The lowest BCUT2D eigenvalue weighted by atomic mass is 10.0. The summed E-state index contributed by atoms with van der Waals surface area (Å²) in [5.74, 6) is 0.901. The van der Waals surface area contributed by atoms with E-state index in [2.05, 4.69) is 32.2 Å². The third-order valence-corrected chi connectivity index (χ3v) is 8.35. The summed E-state index contributed by atoms with van der Waals surface area (Å²) in [6.07, 6.45) is 3.81. The molecule has 4 aromatic rings. The van der Waals surface area contributed by atoms with Crippen LogP contribution in [0, 0.1) is 11.7 Å². The summed E-state index contributed by atoms with van der Waals surface area (Å²) in [4.78, 5) is 28.6. The minimum Gasteiger partial charge on any atom is -0.495 e. The number of nitrogens with one attached hydrogen (secondary N) is 2. The zero-order valence-electron chi connectivity index (χ0n) is 25.3. The number of pyridine rings is 1. The molecule has 2 fully saturated rings. The number of likely N-dealkylation sites (tertiary alicyclic amines) is 1. The molecule has 2 aliphatic heterocycles. The van der Waals surface area contributed by atoms with Crippen molar-refractivity contribution in [2.75, 3.05) is 48.8 Å². The smallest absolute Gasteiger partial charge is 0.245 e. The Bertz CT molecular complexity index is 1730. The first-order valence-electron chi connectivity index (χ1n) is 15.1. The number of nitrogens with zero attached hydrogens (tertiary/aromatic N) is 5. The second-order valence-electron chi connectivity index (χ2n) is 11.3. The van der Waals surface area contributed by atoms with Gasteiger partial charge in [-0.25, -0.2) is 28.1 Å². The third kappa shape index (κ3) is 6.77. The number of alkyl halides is 2. The molecule has 2 aromatic heterocycles. The van der Waals surface area contributed by atoms with Crippen LogP contribution in [0.15, 0.2) is 67.6 Å². The van der Waals surface area contributed by atoms with Gasteiger partial charge in [0.2, 0.25) is 12.3 Å². The fourth-order valence-corrected chi connectivity index (χ4v) is 5.82. The Kier molecular flexibility index (Phi) is 9.08. The van der Waals surface area contributed by atoms with Gasteiger partial charge in [-0.05, 0) is 49.6 Å². The van der Waals surface area contributed by atoms with E-state index in [1.807, 2.05) is 6.07 Å². The summed E-state index contributed by atoms with van der Waals surface area (Å²) >= 11 is 0. The molecule has 2 aromatic carbocycles. The molecule has 1 amide bonds. The Balaban J connectivity index is 1.17. The minimum atomic E-state index is -2.37. The highest BCUT2D eigenvalue weighted by molar-refractivity contribution is 5.95. The molecule has 4 heterocycles. The molecular weight excluding hydrogens is 599 g/mol. The van der Waals surface area contributed by atoms with E-state index in [4.69, 9.17) is 9.47 Å². The minimum absolute atomic E-state index is 0.0715. The van der Waals surface area contributed by atoms with E-state index in [0.717, 1.165) is 18.5 Å². The molecule has 10 nitrogen and oxygen atoms in total. The molecule has 6 rings (SSSR count). The summed E-state index contributed by atoms with van der Waals surface area (Å²) in [6, 6.07) is 11.5. The van der Waals surface area contributed by atoms with Gasteiger partial charge in [-0.2, -0.15) is 0 Å². The van der Waals surface area contributed by atoms with Gasteiger partial charge in [-0.3, -0.25) is 4.79 Å². The summed E-state index contributed by atoms with van der Waals surface area (Å²) < 4.78 is 53.1. The fourth-order valence-electron chi connectivity index (χ4n) is 5.82.